The summed E-state index contributed by atoms with van der Waals surface area (Å²) in [6.07, 6.45) is -0.847. The smallest absolute Gasteiger partial charge is 0.347 e. The second-order valence-electron chi connectivity index (χ2n) is 4.95. The molecular formula is C16H16ClN3O3. The highest BCUT2D eigenvalue weighted by atomic mass is 35.5. The van der Waals surface area contributed by atoms with Gasteiger partial charge in [-0.3, -0.25) is 4.68 Å². The predicted octanol–water partition coefficient (Wildman–Crippen LogP) is 2.76. The number of halogens is 1. The van der Waals surface area contributed by atoms with Gasteiger partial charge in [0.25, 0.3) is 0 Å². The molecule has 0 N–H and O–H groups in total. The summed E-state index contributed by atoms with van der Waals surface area (Å²) < 4.78 is 12.2. The highest BCUT2D eigenvalue weighted by Gasteiger charge is 2.20. The molecule has 0 saturated heterocycles. The number of esters is 1. The third-order valence-electron chi connectivity index (χ3n) is 3.27. The summed E-state index contributed by atoms with van der Waals surface area (Å²) in [7, 11) is 1.71. The van der Waals surface area contributed by atoms with Crippen molar-refractivity contribution in [1.82, 2.24) is 9.78 Å². The number of aryl methyl sites for hydroxylation is 2. The van der Waals surface area contributed by atoms with Crippen LogP contribution in [0.3, 0.4) is 0 Å². The molecule has 0 aliphatic carbocycles. The van der Waals surface area contributed by atoms with Gasteiger partial charge in [-0.2, -0.15) is 10.4 Å². The van der Waals surface area contributed by atoms with E-state index in [9.17, 15) is 4.79 Å². The molecule has 1 heterocycles. The Morgan fingerprint density at radius 1 is 1.48 bits per heavy atom. The fourth-order valence-electron chi connectivity index (χ4n) is 2.00. The van der Waals surface area contributed by atoms with Crippen molar-refractivity contribution >= 4 is 17.6 Å². The first kappa shape index (κ1) is 16.8. The van der Waals surface area contributed by atoms with Gasteiger partial charge in [0.15, 0.2) is 6.10 Å². The summed E-state index contributed by atoms with van der Waals surface area (Å²) >= 11 is 6.09. The molecule has 2 aromatic rings. The van der Waals surface area contributed by atoms with Crippen LogP contribution in [0.4, 0.5) is 0 Å². The first-order chi connectivity index (χ1) is 10.9. The summed E-state index contributed by atoms with van der Waals surface area (Å²) in [5.41, 5.74) is 1.72. The molecule has 0 unspecified atom stereocenters. The van der Waals surface area contributed by atoms with E-state index in [0.717, 1.165) is 0 Å². The summed E-state index contributed by atoms with van der Waals surface area (Å²) in [6.45, 7) is 3.37. The van der Waals surface area contributed by atoms with E-state index < -0.39 is 12.1 Å². The number of nitriles is 1. The average Bonchev–Trinajstić information content (AvgIpc) is 2.78. The minimum Gasteiger partial charge on any atom is -0.478 e. The highest BCUT2D eigenvalue weighted by Crippen LogP contribution is 2.21. The van der Waals surface area contributed by atoms with Gasteiger partial charge in [-0.15, -0.1) is 0 Å². The lowest BCUT2D eigenvalue weighted by molar-refractivity contribution is -0.152. The van der Waals surface area contributed by atoms with Gasteiger partial charge in [-0.25, -0.2) is 4.79 Å². The third kappa shape index (κ3) is 3.82. The van der Waals surface area contributed by atoms with Crippen LogP contribution in [0.15, 0.2) is 24.3 Å². The number of hydrogen-bond donors (Lipinski definition) is 0. The van der Waals surface area contributed by atoms with Gasteiger partial charge in [0.2, 0.25) is 0 Å². The first-order valence-corrected chi connectivity index (χ1v) is 7.32. The van der Waals surface area contributed by atoms with Gasteiger partial charge in [0.1, 0.15) is 23.6 Å². The van der Waals surface area contributed by atoms with Crippen LogP contribution in [0.2, 0.25) is 5.15 Å². The number of carbonyl (C=O) groups is 1. The summed E-state index contributed by atoms with van der Waals surface area (Å²) in [6, 6.07) is 8.71. The van der Waals surface area contributed by atoms with Crippen LogP contribution < -0.4 is 4.74 Å². The maximum Gasteiger partial charge on any atom is 0.347 e. The van der Waals surface area contributed by atoms with Crippen LogP contribution in [0.1, 0.15) is 23.7 Å². The third-order valence-corrected chi connectivity index (χ3v) is 3.74. The van der Waals surface area contributed by atoms with Gasteiger partial charge in [-0.1, -0.05) is 23.7 Å². The van der Waals surface area contributed by atoms with Crippen LogP contribution in [0.25, 0.3) is 0 Å². The Hall–Kier alpha value is -2.52. The van der Waals surface area contributed by atoms with E-state index in [1.165, 1.54) is 4.68 Å². The maximum absolute atomic E-state index is 12.0. The van der Waals surface area contributed by atoms with Crippen molar-refractivity contribution in [3.8, 4) is 11.8 Å². The lowest BCUT2D eigenvalue weighted by Gasteiger charge is -2.14. The van der Waals surface area contributed by atoms with E-state index in [1.807, 2.05) is 6.07 Å². The van der Waals surface area contributed by atoms with Gasteiger partial charge in [-0.05, 0) is 26.0 Å². The highest BCUT2D eigenvalue weighted by molar-refractivity contribution is 6.30. The van der Waals surface area contributed by atoms with Crippen molar-refractivity contribution in [1.29, 1.82) is 5.26 Å². The Balaban J connectivity index is 1.99. The zero-order chi connectivity index (χ0) is 17.0. The van der Waals surface area contributed by atoms with E-state index in [-0.39, 0.29) is 6.61 Å². The molecule has 7 heteroatoms. The zero-order valence-electron chi connectivity index (χ0n) is 13.0. The Labute approximate surface area is 139 Å². The summed E-state index contributed by atoms with van der Waals surface area (Å²) in [4.78, 5) is 12.0. The van der Waals surface area contributed by atoms with Crippen molar-refractivity contribution in [2.45, 2.75) is 26.6 Å². The molecule has 2 rings (SSSR count). The second kappa shape index (κ2) is 7.16. The van der Waals surface area contributed by atoms with Crippen LogP contribution in [0.5, 0.6) is 5.75 Å². The maximum atomic E-state index is 12.0. The van der Waals surface area contributed by atoms with Gasteiger partial charge in [0.05, 0.1) is 11.3 Å². The van der Waals surface area contributed by atoms with E-state index in [4.69, 9.17) is 26.3 Å². The Bertz CT molecular complexity index is 764. The van der Waals surface area contributed by atoms with E-state index in [0.29, 0.717) is 27.7 Å². The van der Waals surface area contributed by atoms with Crippen LogP contribution in [0, 0.1) is 18.3 Å². The van der Waals surface area contributed by atoms with Crippen molar-refractivity contribution in [2.24, 2.45) is 7.05 Å². The molecule has 0 spiro atoms. The Kier molecular flexibility index (Phi) is 5.24. The SMILES string of the molecule is Cc1nn(C)c(Cl)c1COC(=O)[C@H](C)Oc1ccccc1C#N. The molecule has 1 aromatic heterocycles. The van der Waals surface area contributed by atoms with Gasteiger partial charge in [0, 0.05) is 12.6 Å². The molecule has 0 amide bonds. The van der Waals surface area contributed by atoms with Crippen LogP contribution in [-0.4, -0.2) is 21.9 Å². The lowest BCUT2D eigenvalue weighted by Crippen LogP contribution is -2.26. The number of carbonyl (C=O) groups excluding carboxylic acids is 1. The standard InChI is InChI=1S/C16H16ClN3O3/c1-10-13(15(17)20(3)19-10)9-22-16(21)11(2)23-14-7-5-4-6-12(14)8-18/h4-7,11H,9H2,1-3H3/t11-/m0/s1. The van der Waals surface area contributed by atoms with E-state index in [1.54, 1.807) is 45.2 Å². The van der Waals surface area contributed by atoms with Crippen molar-refractivity contribution in [3.05, 3.63) is 46.2 Å². The largest absolute Gasteiger partial charge is 0.478 e. The molecule has 1 atom stereocenters. The molecule has 1 aromatic carbocycles. The molecular weight excluding hydrogens is 318 g/mol. The molecule has 6 nitrogen and oxygen atoms in total. The fraction of sp³-hybridized carbons (Fsp3) is 0.312. The molecule has 0 fully saturated rings. The van der Waals surface area contributed by atoms with Gasteiger partial charge < -0.3 is 9.47 Å². The number of ether oxygens (including phenoxy) is 2. The van der Waals surface area contributed by atoms with Crippen molar-refractivity contribution in [2.75, 3.05) is 0 Å². The number of benzene rings is 1. The predicted molar refractivity (Wildman–Crippen MR) is 84.0 cm³/mol. The van der Waals surface area contributed by atoms with Crippen molar-refractivity contribution in [3.63, 3.8) is 0 Å². The second-order valence-corrected chi connectivity index (χ2v) is 5.31. The summed E-state index contributed by atoms with van der Waals surface area (Å²) in [5.74, 6) is -0.202. The molecule has 0 aliphatic rings. The first-order valence-electron chi connectivity index (χ1n) is 6.94. The molecule has 0 aliphatic heterocycles. The number of aromatic nitrogens is 2. The molecule has 0 saturated carbocycles. The molecule has 120 valence electrons. The Morgan fingerprint density at radius 3 is 2.78 bits per heavy atom. The monoisotopic (exact) mass is 333 g/mol. The molecule has 23 heavy (non-hydrogen) atoms. The minimum absolute atomic E-state index is 0.0188. The number of para-hydroxylation sites is 1. The lowest BCUT2D eigenvalue weighted by atomic mass is 10.2. The minimum atomic E-state index is -0.847. The molecule has 0 bridgehead atoms. The summed E-state index contributed by atoms with van der Waals surface area (Å²) in [5, 5.41) is 13.6. The number of hydrogen-bond acceptors (Lipinski definition) is 5. The topological polar surface area (TPSA) is 77.1 Å². The number of rotatable bonds is 5. The fourth-order valence-corrected chi connectivity index (χ4v) is 2.23. The average molecular weight is 334 g/mol. The normalized spacial score (nSPS) is 11.6. The van der Waals surface area contributed by atoms with Gasteiger partial charge >= 0.3 is 5.97 Å². The zero-order valence-corrected chi connectivity index (χ0v) is 13.8. The quantitative estimate of drug-likeness (QED) is 0.786. The number of nitrogens with zero attached hydrogens (tertiary/aromatic N) is 3. The Morgan fingerprint density at radius 2 is 2.17 bits per heavy atom. The van der Waals surface area contributed by atoms with Crippen LogP contribution in [-0.2, 0) is 23.2 Å². The van der Waals surface area contributed by atoms with Crippen LogP contribution >= 0.6 is 11.6 Å². The van der Waals surface area contributed by atoms with E-state index >= 15 is 0 Å². The molecule has 0 radical (unpaired) electrons. The van der Waals surface area contributed by atoms with Crippen molar-refractivity contribution < 1.29 is 14.3 Å². The van der Waals surface area contributed by atoms with E-state index in [2.05, 4.69) is 5.10 Å².